The van der Waals surface area contributed by atoms with Gasteiger partial charge < -0.3 is 10.6 Å². The van der Waals surface area contributed by atoms with Crippen LogP contribution in [-0.4, -0.2) is 18.1 Å². The number of halogens is 1. The number of hydrogen-bond donors (Lipinski definition) is 2. The monoisotopic (exact) mass is 300 g/mol. The van der Waals surface area contributed by atoms with Gasteiger partial charge in [-0.2, -0.15) is 5.26 Å². The molecule has 2 N–H and O–H groups in total. The molecule has 21 heavy (non-hydrogen) atoms. The summed E-state index contributed by atoms with van der Waals surface area (Å²) in [6.07, 6.45) is 4.60. The first-order chi connectivity index (χ1) is 10.3. The zero-order valence-corrected chi connectivity index (χ0v) is 12.4. The fraction of sp³-hybridized carbons (Fsp3) is 0.250. The molecule has 0 aliphatic heterocycles. The van der Waals surface area contributed by atoms with E-state index in [0.29, 0.717) is 10.6 Å². The number of hydrogen-bond acceptors (Lipinski definition) is 4. The molecular formula is C16H17ClN4. The van der Waals surface area contributed by atoms with E-state index in [0.717, 1.165) is 31.7 Å². The minimum atomic E-state index is 0.575. The lowest BCUT2D eigenvalue weighted by molar-refractivity contribution is 0.662. The number of anilines is 1. The van der Waals surface area contributed by atoms with Crippen molar-refractivity contribution in [1.29, 1.82) is 5.26 Å². The maximum atomic E-state index is 9.04. The first-order valence-electron chi connectivity index (χ1n) is 6.83. The highest BCUT2D eigenvalue weighted by Gasteiger charge is 2.01. The second-order valence-electron chi connectivity index (χ2n) is 4.62. The van der Waals surface area contributed by atoms with E-state index in [2.05, 4.69) is 21.7 Å². The molecule has 1 aromatic carbocycles. The summed E-state index contributed by atoms with van der Waals surface area (Å²) in [6, 6.07) is 11.4. The number of rotatable bonds is 7. The van der Waals surface area contributed by atoms with E-state index in [9.17, 15) is 0 Å². The van der Waals surface area contributed by atoms with Gasteiger partial charge in [-0.3, -0.25) is 4.98 Å². The third-order valence-corrected chi connectivity index (χ3v) is 3.23. The Kier molecular flexibility index (Phi) is 6.01. The zero-order valence-electron chi connectivity index (χ0n) is 11.6. The van der Waals surface area contributed by atoms with Crippen LogP contribution < -0.4 is 10.6 Å². The Morgan fingerprint density at radius 3 is 2.90 bits per heavy atom. The van der Waals surface area contributed by atoms with E-state index >= 15 is 0 Å². The fourth-order valence-electron chi connectivity index (χ4n) is 1.93. The molecule has 0 fully saturated rings. The van der Waals surface area contributed by atoms with Gasteiger partial charge in [0.2, 0.25) is 0 Å². The molecule has 4 nitrogen and oxygen atoms in total. The Morgan fingerprint density at radius 1 is 1.24 bits per heavy atom. The molecule has 0 spiro atoms. The van der Waals surface area contributed by atoms with Crippen LogP contribution in [-0.2, 0) is 6.54 Å². The van der Waals surface area contributed by atoms with Crippen molar-refractivity contribution >= 4 is 17.3 Å². The molecule has 0 unspecified atom stereocenters. The van der Waals surface area contributed by atoms with Crippen molar-refractivity contribution in [1.82, 2.24) is 10.3 Å². The molecular weight excluding hydrogens is 284 g/mol. The van der Waals surface area contributed by atoms with E-state index in [1.807, 2.05) is 24.4 Å². The van der Waals surface area contributed by atoms with Crippen LogP contribution in [0.4, 0.5) is 5.69 Å². The Balaban J connectivity index is 1.67. The molecule has 0 radical (unpaired) electrons. The summed E-state index contributed by atoms with van der Waals surface area (Å²) < 4.78 is 0. The number of nitrogens with one attached hydrogen (secondary N) is 2. The number of aromatic nitrogens is 1. The van der Waals surface area contributed by atoms with E-state index in [1.54, 1.807) is 18.3 Å². The van der Waals surface area contributed by atoms with Crippen molar-refractivity contribution in [2.24, 2.45) is 0 Å². The number of nitrogens with zero attached hydrogens (tertiary/aromatic N) is 2. The molecule has 2 aromatic rings. The molecule has 0 saturated heterocycles. The Morgan fingerprint density at radius 2 is 2.14 bits per heavy atom. The number of nitriles is 1. The van der Waals surface area contributed by atoms with Gasteiger partial charge in [0.25, 0.3) is 0 Å². The zero-order chi connectivity index (χ0) is 14.9. The molecule has 0 atom stereocenters. The summed E-state index contributed by atoms with van der Waals surface area (Å²) in [7, 11) is 0. The Labute approximate surface area is 129 Å². The van der Waals surface area contributed by atoms with Gasteiger partial charge >= 0.3 is 0 Å². The average Bonchev–Trinajstić information content (AvgIpc) is 2.52. The van der Waals surface area contributed by atoms with Crippen LogP contribution in [0.25, 0.3) is 0 Å². The lowest BCUT2D eigenvalue weighted by atomic mass is 10.2. The second kappa shape index (κ2) is 8.25. The molecule has 0 amide bonds. The summed E-state index contributed by atoms with van der Waals surface area (Å²) in [5, 5.41) is 16.2. The van der Waals surface area contributed by atoms with Crippen molar-refractivity contribution in [2.45, 2.75) is 13.0 Å². The Bertz CT molecular complexity index is 607. The average molecular weight is 301 g/mol. The predicted octanol–water partition coefficient (Wildman–Crippen LogP) is 3.20. The maximum absolute atomic E-state index is 9.04. The lowest BCUT2D eigenvalue weighted by Gasteiger charge is -2.09. The normalized spacial score (nSPS) is 10.1. The topological polar surface area (TPSA) is 60.7 Å². The molecule has 5 heteroatoms. The van der Waals surface area contributed by atoms with E-state index in [-0.39, 0.29) is 0 Å². The van der Waals surface area contributed by atoms with Crippen LogP contribution in [0.1, 0.15) is 17.5 Å². The van der Waals surface area contributed by atoms with E-state index < -0.39 is 0 Å². The van der Waals surface area contributed by atoms with Gasteiger partial charge in [-0.1, -0.05) is 17.7 Å². The smallest absolute Gasteiger partial charge is 0.101 e. The fourth-order valence-corrected chi connectivity index (χ4v) is 2.11. The van der Waals surface area contributed by atoms with Crippen LogP contribution in [0.5, 0.6) is 0 Å². The van der Waals surface area contributed by atoms with Gasteiger partial charge in [-0.25, -0.2) is 0 Å². The summed E-state index contributed by atoms with van der Waals surface area (Å²) >= 11 is 5.86. The third-order valence-electron chi connectivity index (χ3n) is 3.00. The van der Waals surface area contributed by atoms with Crippen LogP contribution in [0.15, 0.2) is 42.7 Å². The van der Waals surface area contributed by atoms with E-state index in [4.69, 9.17) is 16.9 Å². The van der Waals surface area contributed by atoms with Gasteiger partial charge in [0.1, 0.15) is 6.07 Å². The van der Waals surface area contributed by atoms with Crippen molar-refractivity contribution in [3.05, 3.63) is 58.9 Å². The summed E-state index contributed by atoms with van der Waals surface area (Å²) in [4.78, 5) is 4.07. The summed E-state index contributed by atoms with van der Waals surface area (Å²) in [6.45, 7) is 2.52. The van der Waals surface area contributed by atoms with Gasteiger partial charge in [0, 0.05) is 30.5 Å². The SMILES string of the molecule is N#Cc1cc(Cl)ccc1NCCCNCc1cccnc1. The molecule has 0 saturated carbocycles. The Hall–Kier alpha value is -2.09. The van der Waals surface area contributed by atoms with Crippen molar-refractivity contribution in [3.8, 4) is 6.07 Å². The number of pyridine rings is 1. The first-order valence-corrected chi connectivity index (χ1v) is 7.20. The molecule has 1 aromatic heterocycles. The van der Waals surface area contributed by atoms with Crippen LogP contribution in [0.3, 0.4) is 0 Å². The highest BCUT2D eigenvalue weighted by Crippen LogP contribution is 2.19. The molecule has 0 aliphatic rings. The third kappa shape index (κ3) is 5.07. The van der Waals surface area contributed by atoms with Crippen molar-refractivity contribution in [2.75, 3.05) is 18.4 Å². The largest absolute Gasteiger partial charge is 0.384 e. The first kappa shape index (κ1) is 15.3. The highest BCUT2D eigenvalue weighted by molar-refractivity contribution is 6.30. The highest BCUT2D eigenvalue weighted by atomic mass is 35.5. The standard InChI is InChI=1S/C16H17ClN4/c17-15-4-5-16(14(9-15)10-18)21-8-2-7-20-12-13-3-1-6-19-11-13/h1,3-6,9,11,20-21H,2,7-8,12H2. The molecule has 108 valence electrons. The van der Waals surface area contributed by atoms with Crippen molar-refractivity contribution < 1.29 is 0 Å². The maximum Gasteiger partial charge on any atom is 0.101 e. The minimum absolute atomic E-state index is 0.575. The van der Waals surface area contributed by atoms with E-state index in [1.165, 1.54) is 5.56 Å². The van der Waals surface area contributed by atoms with Crippen LogP contribution >= 0.6 is 11.6 Å². The summed E-state index contributed by atoms with van der Waals surface area (Å²) in [5.74, 6) is 0. The van der Waals surface area contributed by atoms with Crippen LogP contribution in [0.2, 0.25) is 5.02 Å². The van der Waals surface area contributed by atoms with Crippen LogP contribution in [0, 0.1) is 11.3 Å². The van der Waals surface area contributed by atoms with Gasteiger partial charge in [-0.05, 0) is 42.8 Å². The predicted molar refractivity (Wildman–Crippen MR) is 85.2 cm³/mol. The molecule has 0 bridgehead atoms. The van der Waals surface area contributed by atoms with Gasteiger partial charge in [-0.15, -0.1) is 0 Å². The lowest BCUT2D eigenvalue weighted by Crippen LogP contribution is -2.17. The minimum Gasteiger partial charge on any atom is -0.384 e. The van der Waals surface area contributed by atoms with Gasteiger partial charge in [0.15, 0.2) is 0 Å². The molecule has 0 aliphatic carbocycles. The number of benzene rings is 1. The molecule has 2 rings (SSSR count). The quantitative estimate of drug-likeness (QED) is 0.771. The van der Waals surface area contributed by atoms with Gasteiger partial charge in [0.05, 0.1) is 11.3 Å². The van der Waals surface area contributed by atoms with Crippen molar-refractivity contribution in [3.63, 3.8) is 0 Å². The second-order valence-corrected chi connectivity index (χ2v) is 5.06. The molecule has 1 heterocycles. The summed E-state index contributed by atoms with van der Waals surface area (Å²) in [5.41, 5.74) is 2.58.